The van der Waals surface area contributed by atoms with Crippen LogP contribution in [0.5, 0.6) is 0 Å². The van der Waals surface area contributed by atoms with Gasteiger partial charge in [-0.25, -0.2) is 9.78 Å². The molecule has 7 heteroatoms. The standard InChI is InChI=1S/C13H19N3O3Si/c1-3-19-13(18)11-9(12(17)16(11)20-2)6-8-4-5-15-10(14)7-8/h4-5,7,9,11H,3,6,20H2,1-2H3,(H2,14,15)/t9-,11+/m1/s1. The number of rotatable bonds is 5. The van der Waals surface area contributed by atoms with Gasteiger partial charge in [-0.1, -0.05) is 6.55 Å². The van der Waals surface area contributed by atoms with E-state index in [-0.39, 0.29) is 17.8 Å². The Labute approximate surface area is 120 Å². The van der Waals surface area contributed by atoms with Crippen molar-refractivity contribution in [1.82, 2.24) is 9.55 Å². The fourth-order valence-electron chi connectivity index (χ4n) is 2.57. The fraction of sp³-hybridized carbons (Fsp3) is 0.462. The van der Waals surface area contributed by atoms with Crippen LogP contribution in [0, 0.1) is 5.92 Å². The predicted octanol–water partition coefficient (Wildman–Crippen LogP) is -0.272. The van der Waals surface area contributed by atoms with E-state index in [1.54, 1.807) is 23.8 Å². The SMILES string of the molecule is CCOC(=O)[C@@H]1[C@@H](Cc2ccnc(N)c2)C(=O)N1[SiH2]C. The number of ether oxygens (including phenoxy) is 1. The van der Waals surface area contributed by atoms with Gasteiger partial charge in [0, 0.05) is 6.20 Å². The molecule has 6 nitrogen and oxygen atoms in total. The van der Waals surface area contributed by atoms with Gasteiger partial charge in [-0.3, -0.25) is 4.79 Å². The highest BCUT2D eigenvalue weighted by Crippen LogP contribution is 2.30. The molecule has 2 heterocycles. The lowest BCUT2D eigenvalue weighted by Crippen LogP contribution is -2.66. The van der Waals surface area contributed by atoms with E-state index < -0.39 is 15.7 Å². The molecule has 1 aromatic heterocycles. The van der Waals surface area contributed by atoms with E-state index in [0.29, 0.717) is 18.8 Å². The van der Waals surface area contributed by atoms with Crippen LogP contribution >= 0.6 is 0 Å². The number of amides is 1. The number of β-lactam (4-membered cyclic amide) rings is 1. The van der Waals surface area contributed by atoms with Gasteiger partial charge in [0.05, 0.1) is 12.5 Å². The van der Waals surface area contributed by atoms with Gasteiger partial charge in [0.2, 0.25) is 5.91 Å². The maximum atomic E-state index is 12.1. The molecule has 0 aliphatic carbocycles. The van der Waals surface area contributed by atoms with E-state index in [1.807, 2.05) is 12.6 Å². The van der Waals surface area contributed by atoms with Gasteiger partial charge in [0.25, 0.3) is 0 Å². The lowest BCUT2D eigenvalue weighted by Gasteiger charge is -2.45. The molecule has 1 fully saturated rings. The van der Waals surface area contributed by atoms with Gasteiger partial charge in [0.1, 0.15) is 21.5 Å². The number of hydrogen-bond acceptors (Lipinski definition) is 5. The molecule has 0 unspecified atom stereocenters. The number of esters is 1. The van der Waals surface area contributed by atoms with Crippen molar-refractivity contribution in [3.63, 3.8) is 0 Å². The molecular weight excluding hydrogens is 274 g/mol. The number of anilines is 1. The number of hydrogen-bond donors (Lipinski definition) is 1. The largest absolute Gasteiger partial charge is 0.464 e. The minimum Gasteiger partial charge on any atom is -0.464 e. The molecule has 1 saturated heterocycles. The Morgan fingerprint density at radius 3 is 2.95 bits per heavy atom. The number of carbonyl (C=O) groups is 2. The zero-order chi connectivity index (χ0) is 14.7. The van der Waals surface area contributed by atoms with E-state index >= 15 is 0 Å². The Balaban J connectivity index is 2.13. The first-order chi connectivity index (χ1) is 9.58. The highest BCUT2D eigenvalue weighted by Gasteiger charge is 2.50. The Kier molecular flexibility index (Phi) is 4.38. The van der Waals surface area contributed by atoms with Crippen LogP contribution in [0.4, 0.5) is 5.82 Å². The molecule has 2 rings (SSSR count). The van der Waals surface area contributed by atoms with Crippen molar-refractivity contribution in [3.8, 4) is 0 Å². The number of aromatic nitrogens is 1. The quantitative estimate of drug-likeness (QED) is 0.459. The summed E-state index contributed by atoms with van der Waals surface area (Å²) in [7, 11) is -0.712. The average Bonchev–Trinajstić information content (AvgIpc) is 2.42. The molecule has 0 bridgehead atoms. The lowest BCUT2D eigenvalue weighted by molar-refractivity contribution is -0.166. The Bertz CT molecular complexity index is 523. The zero-order valence-electron chi connectivity index (χ0n) is 11.7. The molecule has 0 aromatic carbocycles. The second-order valence-electron chi connectivity index (χ2n) is 4.72. The molecule has 2 N–H and O–H groups in total. The molecule has 108 valence electrons. The van der Waals surface area contributed by atoms with Crippen LogP contribution in [-0.2, 0) is 20.7 Å². The molecule has 20 heavy (non-hydrogen) atoms. The van der Waals surface area contributed by atoms with Gasteiger partial charge in [-0.15, -0.1) is 0 Å². The van der Waals surface area contributed by atoms with Crippen molar-refractivity contribution >= 4 is 27.4 Å². The Hall–Kier alpha value is -1.89. The Morgan fingerprint density at radius 1 is 1.60 bits per heavy atom. The fourth-order valence-corrected chi connectivity index (χ4v) is 3.91. The molecule has 1 amide bonds. The first-order valence-electron chi connectivity index (χ1n) is 6.76. The number of carbonyl (C=O) groups excluding carboxylic acids is 2. The van der Waals surface area contributed by atoms with Gasteiger partial charge < -0.3 is 15.0 Å². The first-order valence-corrected chi connectivity index (χ1v) is 8.80. The van der Waals surface area contributed by atoms with Crippen molar-refractivity contribution in [1.29, 1.82) is 0 Å². The third-order valence-electron chi connectivity index (χ3n) is 3.49. The predicted molar refractivity (Wildman–Crippen MR) is 77.5 cm³/mol. The monoisotopic (exact) mass is 293 g/mol. The number of nitrogen functional groups attached to an aromatic ring is 1. The topological polar surface area (TPSA) is 85.5 Å². The van der Waals surface area contributed by atoms with Crippen molar-refractivity contribution in [2.75, 3.05) is 12.3 Å². The molecule has 2 atom stereocenters. The van der Waals surface area contributed by atoms with Crippen molar-refractivity contribution in [2.24, 2.45) is 5.92 Å². The van der Waals surface area contributed by atoms with Gasteiger partial charge >= 0.3 is 5.97 Å². The summed E-state index contributed by atoms with van der Waals surface area (Å²) in [5.41, 5.74) is 6.55. The van der Waals surface area contributed by atoms with Crippen LogP contribution in [0.3, 0.4) is 0 Å². The molecule has 1 aromatic rings. The number of nitrogens with zero attached hydrogens (tertiary/aromatic N) is 2. The highest BCUT2D eigenvalue weighted by atomic mass is 28.2. The van der Waals surface area contributed by atoms with E-state index in [2.05, 4.69) is 4.98 Å². The molecule has 1 aliphatic rings. The minimum absolute atomic E-state index is 0.0487. The summed E-state index contributed by atoms with van der Waals surface area (Å²) in [6.07, 6.45) is 2.11. The summed E-state index contributed by atoms with van der Waals surface area (Å²) in [5, 5.41) is 0. The van der Waals surface area contributed by atoms with Crippen LogP contribution in [0.2, 0.25) is 6.55 Å². The Morgan fingerprint density at radius 2 is 2.35 bits per heavy atom. The van der Waals surface area contributed by atoms with Crippen molar-refractivity contribution in [3.05, 3.63) is 23.9 Å². The molecule has 0 radical (unpaired) electrons. The van der Waals surface area contributed by atoms with Crippen LogP contribution < -0.4 is 5.73 Å². The zero-order valence-corrected chi connectivity index (χ0v) is 13.1. The van der Waals surface area contributed by atoms with Gasteiger partial charge in [-0.05, 0) is 31.0 Å². The van der Waals surface area contributed by atoms with Gasteiger partial charge in [-0.2, -0.15) is 0 Å². The van der Waals surface area contributed by atoms with E-state index in [9.17, 15) is 9.59 Å². The summed E-state index contributed by atoms with van der Waals surface area (Å²) >= 11 is 0. The molecular formula is C13H19N3O3Si. The molecule has 0 spiro atoms. The second kappa shape index (κ2) is 6.04. The van der Waals surface area contributed by atoms with Crippen molar-refractivity contribution in [2.45, 2.75) is 25.9 Å². The third kappa shape index (κ3) is 2.67. The highest BCUT2D eigenvalue weighted by molar-refractivity contribution is 6.38. The summed E-state index contributed by atoms with van der Waals surface area (Å²) in [5.74, 6) is -0.159. The molecule has 0 saturated carbocycles. The third-order valence-corrected chi connectivity index (χ3v) is 4.87. The lowest BCUT2D eigenvalue weighted by atomic mass is 9.85. The van der Waals surface area contributed by atoms with Crippen LogP contribution in [0.15, 0.2) is 18.3 Å². The van der Waals surface area contributed by atoms with Crippen LogP contribution in [-0.4, -0.2) is 43.8 Å². The summed E-state index contributed by atoms with van der Waals surface area (Å²) in [6, 6.07) is 3.13. The van der Waals surface area contributed by atoms with Crippen LogP contribution in [0.1, 0.15) is 12.5 Å². The van der Waals surface area contributed by atoms with Crippen molar-refractivity contribution < 1.29 is 14.3 Å². The molecule has 1 aliphatic heterocycles. The van der Waals surface area contributed by atoms with Gasteiger partial charge in [0.15, 0.2) is 0 Å². The smallest absolute Gasteiger partial charge is 0.328 e. The minimum atomic E-state index is -0.712. The number of pyridine rings is 1. The van der Waals surface area contributed by atoms with E-state index in [0.717, 1.165) is 5.56 Å². The number of nitrogens with two attached hydrogens (primary N) is 1. The second-order valence-corrected chi connectivity index (χ2v) is 6.03. The van der Waals surface area contributed by atoms with E-state index in [1.165, 1.54) is 0 Å². The normalized spacial score (nSPS) is 22.1. The summed E-state index contributed by atoms with van der Waals surface area (Å²) < 4.78 is 6.76. The summed E-state index contributed by atoms with van der Waals surface area (Å²) in [4.78, 5) is 28.0. The van der Waals surface area contributed by atoms with E-state index in [4.69, 9.17) is 10.5 Å². The summed E-state index contributed by atoms with van der Waals surface area (Å²) in [6.45, 7) is 4.09. The maximum absolute atomic E-state index is 12.1. The average molecular weight is 293 g/mol. The maximum Gasteiger partial charge on any atom is 0.328 e. The van der Waals surface area contributed by atoms with Crippen LogP contribution in [0.25, 0.3) is 0 Å². The first kappa shape index (κ1) is 14.5.